The lowest BCUT2D eigenvalue weighted by Gasteiger charge is -2.30. The number of benzene rings is 2. The minimum absolute atomic E-state index is 1.09. The topological polar surface area (TPSA) is 6.48 Å². The lowest BCUT2D eigenvalue weighted by atomic mass is 10.1. The van der Waals surface area contributed by atoms with Crippen molar-refractivity contribution in [2.45, 2.75) is 53.4 Å². The summed E-state index contributed by atoms with van der Waals surface area (Å²) in [5.41, 5.74) is 7.27. The van der Waals surface area contributed by atoms with E-state index in [2.05, 4.69) is 121 Å². The Hall–Kier alpha value is -3.26. The number of allylic oxidation sites excluding steroid dienone is 8. The van der Waals surface area contributed by atoms with E-state index in [1.54, 1.807) is 0 Å². The van der Waals surface area contributed by atoms with E-state index in [1.165, 1.54) is 34.2 Å². The number of para-hydroxylation sites is 1. The molecule has 2 aromatic rings. The van der Waals surface area contributed by atoms with Gasteiger partial charge in [-0.15, -0.1) is 0 Å². The zero-order chi connectivity index (χ0) is 22.8. The highest BCUT2D eigenvalue weighted by Crippen LogP contribution is 2.35. The smallest absolute Gasteiger partial charge is 0.0462 e. The van der Waals surface area contributed by atoms with Gasteiger partial charge in [-0.3, -0.25) is 0 Å². The van der Waals surface area contributed by atoms with Crippen molar-refractivity contribution in [2.75, 3.05) is 9.80 Å². The van der Waals surface area contributed by atoms with Crippen molar-refractivity contribution in [3.05, 3.63) is 114 Å². The molecular formula is C30H36N2. The molecule has 0 spiro atoms. The Balaban J connectivity index is 0.00000141. The molecule has 0 amide bonds. The van der Waals surface area contributed by atoms with Gasteiger partial charge in [0.25, 0.3) is 0 Å². The van der Waals surface area contributed by atoms with E-state index >= 15 is 0 Å². The van der Waals surface area contributed by atoms with E-state index < -0.39 is 0 Å². The fourth-order valence-corrected chi connectivity index (χ4v) is 3.99. The average molecular weight is 425 g/mol. The maximum atomic E-state index is 2.34. The molecule has 0 aromatic heterocycles. The van der Waals surface area contributed by atoms with E-state index in [1.807, 2.05) is 13.8 Å². The lowest BCUT2D eigenvalue weighted by molar-refractivity contribution is 0.976. The largest absolute Gasteiger partial charge is 0.315 e. The van der Waals surface area contributed by atoms with Gasteiger partial charge < -0.3 is 9.80 Å². The second-order valence-electron chi connectivity index (χ2n) is 7.67. The van der Waals surface area contributed by atoms with Gasteiger partial charge in [-0.1, -0.05) is 62.4 Å². The fourth-order valence-electron chi connectivity index (χ4n) is 3.99. The fraction of sp³-hybridized carbons (Fsp3) is 0.267. The van der Waals surface area contributed by atoms with Crippen molar-refractivity contribution in [1.82, 2.24) is 0 Å². The summed E-state index contributed by atoms with van der Waals surface area (Å²) in [6.45, 7) is 8.27. The van der Waals surface area contributed by atoms with Gasteiger partial charge in [-0.05, 0) is 88.1 Å². The molecule has 2 heteroatoms. The highest BCUT2D eigenvalue weighted by atomic mass is 15.2. The molecule has 0 saturated heterocycles. The van der Waals surface area contributed by atoms with Gasteiger partial charge in [0.15, 0.2) is 0 Å². The zero-order valence-corrected chi connectivity index (χ0v) is 20.0. The van der Waals surface area contributed by atoms with Crippen LogP contribution in [0.1, 0.15) is 53.4 Å². The summed E-state index contributed by atoms with van der Waals surface area (Å²) in [5, 5.41) is 0. The molecule has 0 heterocycles. The van der Waals surface area contributed by atoms with Crippen molar-refractivity contribution in [3.8, 4) is 0 Å². The molecule has 2 aliphatic rings. The molecule has 0 atom stereocenters. The van der Waals surface area contributed by atoms with Gasteiger partial charge in [-0.2, -0.15) is 0 Å². The van der Waals surface area contributed by atoms with Gasteiger partial charge >= 0.3 is 0 Å². The summed E-state index contributed by atoms with van der Waals surface area (Å²) in [6.07, 6.45) is 20.2. The molecule has 0 radical (unpaired) electrons. The second kappa shape index (κ2) is 12.0. The average Bonchev–Trinajstić information content (AvgIpc) is 2.88. The molecule has 32 heavy (non-hydrogen) atoms. The van der Waals surface area contributed by atoms with Crippen LogP contribution in [0.3, 0.4) is 0 Å². The van der Waals surface area contributed by atoms with Gasteiger partial charge in [0.05, 0.1) is 0 Å². The van der Waals surface area contributed by atoms with E-state index in [9.17, 15) is 0 Å². The SMILES string of the molecule is C/C=C(\C)N(C1=CCCC=C1)c1ccc(N(C2=CCCC=C2)c2ccccc2)cc1.CC. The summed E-state index contributed by atoms with van der Waals surface area (Å²) < 4.78 is 0. The van der Waals surface area contributed by atoms with Crippen LogP contribution in [0.25, 0.3) is 0 Å². The highest BCUT2D eigenvalue weighted by Gasteiger charge is 2.17. The predicted octanol–water partition coefficient (Wildman–Crippen LogP) is 9.05. The van der Waals surface area contributed by atoms with Crippen molar-refractivity contribution in [2.24, 2.45) is 0 Å². The molecule has 0 unspecified atom stereocenters. The van der Waals surface area contributed by atoms with Crippen molar-refractivity contribution in [1.29, 1.82) is 0 Å². The third-order valence-electron chi connectivity index (χ3n) is 5.62. The summed E-state index contributed by atoms with van der Waals surface area (Å²) in [5.74, 6) is 0. The Labute approximate surface area is 194 Å². The number of hydrogen-bond donors (Lipinski definition) is 0. The Morgan fingerprint density at radius 1 is 0.688 bits per heavy atom. The van der Waals surface area contributed by atoms with E-state index in [0.29, 0.717) is 0 Å². The molecular weight excluding hydrogens is 388 g/mol. The lowest BCUT2D eigenvalue weighted by Crippen LogP contribution is -2.20. The normalized spacial score (nSPS) is 15.3. The van der Waals surface area contributed by atoms with Crippen LogP contribution in [0, 0.1) is 0 Å². The molecule has 4 rings (SSSR count). The van der Waals surface area contributed by atoms with E-state index in [0.717, 1.165) is 25.7 Å². The standard InChI is InChI=1S/C28H30N2.C2H6/c1-3-23(2)29(24-13-7-4-8-14-24)27-19-21-28(22-20-27)30(25-15-9-5-10-16-25)26-17-11-6-12-18-26;1-2/h3,5,7,9-11,13-22H,4,6,8,12H2,1-2H3;1-2H3/b23-3+;. The molecule has 2 nitrogen and oxygen atoms in total. The number of nitrogens with zero attached hydrogens (tertiary/aromatic N) is 2. The predicted molar refractivity (Wildman–Crippen MR) is 141 cm³/mol. The number of rotatable bonds is 6. The first-order valence-corrected chi connectivity index (χ1v) is 11.9. The minimum atomic E-state index is 1.09. The van der Waals surface area contributed by atoms with Gasteiger partial charge in [-0.25, -0.2) is 0 Å². The number of anilines is 3. The highest BCUT2D eigenvalue weighted by molar-refractivity contribution is 5.73. The molecule has 0 bridgehead atoms. The van der Waals surface area contributed by atoms with Crippen LogP contribution in [0.2, 0.25) is 0 Å². The summed E-state index contributed by atoms with van der Waals surface area (Å²) >= 11 is 0. The van der Waals surface area contributed by atoms with Crippen LogP contribution in [-0.4, -0.2) is 0 Å². The quantitative estimate of drug-likeness (QED) is 0.456. The zero-order valence-electron chi connectivity index (χ0n) is 20.0. The van der Waals surface area contributed by atoms with E-state index in [-0.39, 0.29) is 0 Å². The molecule has 166 valence electrons. The minimum Gasteiger partial charge on any atom is -0.315 e. The van der Waals surface area contributed by atoms with Crippen molar-refractivity contribution in [3.63, 3.8) is 0 Å². The van der Waals surface area contributed by atoms with Crippen LogP contribution >= 0.6 is 0 Å². The number of hydrogen-bond acceptors (Lipinski definition) is 2. The van der Waals surface area contributed by atoms with Crippen LogP contribution in [0.15, 0.2) is 114 Å². The third kappa shape index (κ3) is 5.50. The van der Waals surface area contributed by atoms with Crippen molar-refractivity contribution >= 4 is 17.1 Å². The molecule has 2 aromatic carbocycles. The molecule has 0 fully saturated rings. The molecule has 0 aliphatic heterocycles. The Morgan fingerprint density at radius 2 is 1.22 bits per heavy atom. The maximum Gasteiger partial charge on any atom is 0.0462 e. The Bertz CT molecular complexity index is 1000. The van der Waals surface area contributed by atoms with Crippen LogP contribution in [0.4, 0.5) is 17.1 Å². The molecule has 0 saturated carbocycles. The molecule has 0 N–H and O–H groups in total. The molecule has 2 aliphatic carbocycles. The van der Waals surface area contributed by atoms with E-state index in [4.69, 9.17) is 0 Å². The van der Waals surface area contributed by atoms with Crippen LogP contribution in [0.5, 0.6) is 0 Å². The van der Waals surface area contributed by atoms with Crippen LogP contribution < -0.4 is 9.80 Å². The summed E-state index contributed by atoms with van der Waals surface area (Å²) in [4.78, 5) is 4.68. The Morgan fingerprint density at radius 3 is 1.75 bits per heavy atom. The Kier molecular flexibility index (Phi) is 8.74. The van der Waals surface area contributed by atoms with Gasteiger partial charge in [0, 0.05) is 34.2 Å². The maximum absolute atomic E-state index is 2.34. The van der Waals surface area contributed by atoms with Crippen molar-refractivity contribution < 1.29 is 0 Å². The summed E-state index contributed by atoms with van der Waals surface area (Å²) in [6, 6.07) is 19.5. The van der Waals surface area contributed by atoms with Crippen LogP contribution in [-0.2, 0) is 0 Å². The monoisotopic (exact) mass is 424 g/mol. The first-order chi connectivity index (χ1) is 15.8. The first kappa shape index (κ1) is 23.4. The third-order valence-corrected chi connectivity index (χ3v) is 5.62. The van der Waals surface area contributed by atoms with Gasteiger partial charge in [0.1, 0.15) is 0 Å². The summed E-state index contributed by atoms with van der Waals surface area (Å²) in [7, 11) is 0. The van der Waals surface area contributed by atoms with Gasteiger partial charge in [0.2, 0.25) is 0 Å². The second-order valence-corrected chi connectivity index (χ2v) is 7.67. The first-order valence-electron chi connectivity index (χ1n) is 11.9.